The Morgan fingerprint density at radius 3 is 2.11 bits per heavy atom. The first kappa shape index (κ1) is 6.89. The van der Waals surface area contributed by atoms with Crippen LogP contribution in [0.4, 0.5) is 8.78 Å². The highest BCUT2D eigenvalue weighted by Crippen LogP contribution is 2.24. The number of rotatable bonds is 0. The zero-order valence-corrected chi connectivity index (χ0v) is 5.62. The van der Waals surface area contributed by atoms with Gasteiger partial charge in [-0.2, -0.15) is 5.32 Å². The van der Waals surface area contributed by atoms with E-state index < -0.39 is 6.17 Å². The maximum atomic E-state index is 12.6. The summed E-state index contributed by atoms with van der Waals surface area (Å²) < 4.78 is 24.9. The van der Waals surface area contributed by atoms with Gasteiger partial charge in [0, 0.05) is 0 Å². The van der Waals surface area contributed by atoms with Crippen molar-refractivity contribution in [3.8, 4) is 0 Å². The van der Waals surface area contributed by atoms with Crippen molar-refractivity contribution >= 4 is 0 Å². The zero-order chi connectivity index (χ0) is 7.12. The number of quaternary nitrogens is 1. The number of nitrogens with zero attached hydrogens (tertiary/aromatic N) is 1. The predicted molar refractivity (Wildman–Crippen MR) is 29.9 cm³/mol. The lowest BCUT2D eigenvalue weighted by molar-refractivity contribution is -0.965. The molecule has 9 heavy (non-hydrogen) atoms. The first-order valence-electron chi connectivity index (χ1n) is 2.92. The molecule has 0 atom stereocenters. The fourth-order valence-electron chi connectivity index (χ4n) is 0.840. The van der Waals surface area contributed by atoms with Crippen LogP contribution >= 0.6 is 0 Å². The van der Waals surface area contributed by atoms with Gasteiger partial charge in [-0.25, -0.2) is 0 Å². The number of alkyl halides is 2. The Bertz CT molecular complexity index is 108. The summed E-state index contributed by atoms with van der Waals surface area (Å²) in [6.45, 7) is 0.896. The SMILES string of the molecule is C[N+]1(C)CCNC1(F)F. The molecule has 1 aliphatic heterocycles. The quantitative estimate of drug-likeness (QED) is 0.372. The molecule has 0 aromatic carbocycles. The molecule has 0 aliphatic carbocycles. The molecular formula is C5H11F2N2+. The van der Waals surface area contributed by atoms with Gasteiger partial charge in [0.25, 0.3) is 0 Å². The van der Waals surface area contributed by atoms with Gasteiger partial charge >= 0.3 is 6.17 Å². The summed E-state index contributed by atoms with van der Waals surface area (Å²) >= 11 is 0. The summed E-state index contributed by atoms with van der Waals surface area (Å²) in [4.78, 5) is 0. The Hall–Kier alpha value is -0.220. The molecule has 54 valence electrons. The second kappa shape index (κ2) is 1.64. The van der Waals surface area contributed by atoms with Crippen LogP contribution in [0.1, 0.15) is 0 Å². The molecule has 1 fully saturated rings. The lowest BCUT2D eigenvalue weighted by Crippen LogP contribution is -2.53. The van der Waals surface area contributed by atoms with Gasteiger partial charge in [0.15, 0.2) is 0 Å². The average Bonchev–Trinajstić information content (AvgIpc) is 1.81. The summed E-state index contributed by atoms with van der Waals surface area (Å²) in [6.07, 6.45) is -2.72. The molecule has 1 rings (SSSR count). The molecule has 1 saturated heterocycles. The Kier molecular flexibility index (Phi) is 1.25. The molecular weight excluding hydrogens is 126 g/mol. The number of nitrogens with one attached hydrogen (secondary N) is 1. The largest absolute Gasteiger partial charge is 0.459 e. The van der Waals surface area contributed by atoms with Gasteiger partial charge in [-0.1, -0.05) is 0 Å². The van der Waals surface area contributed by atoms with Gasteiger partial charge in [0.2, 0.25) is 0 Å². The van der Waals surface area contributed by atoms with Crippen LogP contribution < -0.4 is 5.32 Å². The molecule has 0 bridgehead atoms. The summed E-state index contributed by atoms with van der Waals surface area (Å²) in [7, 11) is 3.03. The predicted octanol–water partition coefficient (Wildman–Crippen LogP) is 0.216. The monoisotopic (exact) mass is 137 g/mol. The highest BCUT2D eigenvalue weighted by Gasteiger charge is 2.51. The van der Waals surface area contributed by atoms with E-state index in [1.165, 1.54) is 14.1 Å². The summed E-state index contributed by atoms with van der Waals surface area (Å²) in [5.41, 5.74) is 0. The van der Waals surface area contributed by atoms with Crippen molar-refractivity contribution in [1.82, 2.24) is 5.32 Å². The molecule has 1 aliphatic rings. The lowest BCUT2D eigenvalue weighted by Gasteiger charge is -2.28. The van der Waals surface area contributed by atoms with Crippen molar-refractivity contribution in [3.63, 3.8) is 0 Å². The van der Waals surface area contributed by atoms with E-state index in [-0.39, 0.29) is 4.48 Å². The van der Waals surface area contributed by atoms with E-state index in [1.807, 2.05) is 0 Å². The van der Waals surface area contributed by atoms with Crippen molar-refractivity contribution in [2.24, 2.45) is 0 Å². The number of halogens is 2. The molecule has 0 unspecified atom stereocenters. The molecule has 4 heteroatoms. The van der Waals surface area contributed by atoms with Crippen LogP contribution in [0.2, 0.25) is 0 Å². The molecule has 0 saturated carbocycles. The molecule has 2 nitrogen and oxygen atoms in total. The highest BCUT2D eigenvalue weighted by molar-refractivity contribution is 4.59. The zero-order valence-electron chi connectivity index (χ0n) is 5.62. The Labute approximate surface area is 53.0 Å². The van der Waals surface area contributed by atoms with Crippen LogP contribution in [0.25, 0.3) is 0 Å². The standard InChI is InChI=1S/C5H11F2N2/c1-9(2)4-3-8-5(9,6)7/h8H,3-4H2,1-2H3/q+1. The third kappa shape index (κ3) is 0.923. The van der Waals surface area contributed by atoms with Crippen molar-refractivity contribution in [3.05, 3.63) is 0 Å². The van der Waals surface area contributed by atoms with Gasteiger partial charge < -0.3 is 0 Å². The molecule has 1 heterocycles. The molecule has 0 radical (unpaired) electrons. The van der Waals surface area contributed by atoms with E-state index in [0.717, 1.165) is 0 Å². The molecule has 0 spiro atoms. The van der Waals surface area contributed by atoms with E-state index in [0.29, 0.717) is 13.1 Å². The Morgan fingerprint density at radius 2 is 2.00 bits per heavy atom. The van der Waals surface area contributed by atoms with E-state index in [1.54, 1.807) is 0 Å². The second-order valence-corrected chi connectivity index (χ2v) is 2.88. The van der Waals surface area contributed by atoms with Crippen LogP contribution in [-0.2, 0) is 0 Å². The maximum Gasteiger partial charge on any atom is 0.459 e. The lowest BCUT2D eigenvalue weighted by atomic mass is 10.5. The number of likely N-dealkylation sites (N-methyl/N-ethyl adjacent to an activating group) is 1. The first-order chi connectivity index (χ1) is 3.96. The van der Waals surface area contributed by atoms with Gasteiger partial charge in [0.1, 0.15) is 0 Å². The van der Waals surface area contributed by atoms with Crippen molar-refractivity contribution < 1.29 is 13.3 Å². The first-order valence-corrected chi connectivity index (χ1v) is 2.92. The average molecular weight is 137 g/mol. The Morgan fingerprint density at radius 1 is 1.44 bits per heavy atom. The number of hydrogen-bond acceptors (Lipinski definition) is 1. The topological polar surface area (TPSA) is 12.0 Å². The summed E-state index contributed by atoms with van der Waals surface area (Å²) in [5.74, 6) is 0. The fraction of sp³-hybridized carbons (Fsp3) is 1.00. The minimum absolute atomic E-state index is 0.243. The number of hydrogen-bond donors (Lipinski definition) is 1. The van der Waals surface area contributed by atoms with Crippen molar-refractivity contribution in [2.75, 3.05) is 27.2 Å². The van der Waals surface area contributed by atoms with Crippen LogP contribution in [0.5, 0.6) is 0 Å². The van der Waals surface area contributed by atoms with Gasteiger partial charge in [0.05, 0.1) is 27.2 Å². The van der Waals surface area contributed by atoms with E-state index in [2.05, 4.69) is 5.32 Å². The fourth-order valence-corrected chi connectivity index (χ4v) is 0.840. The van der Waals surface area contributed by atoms with Crippen molar-refractivity contribution in [1.29, 1.82) is 0 Å². The molecule has 0 aromatic heterocycles. The van der Waals surface area contributed by atoms with Crippen LogP contribution in [0.3, 0.4) is 0 Å². The third-order valence-corrected chi connectivity index (χ3v) is 1.77. The van der Waals surface area contributed by atoms with Crippen molar-refractivity contribution in [2.45, 2.75) is 6.17 Å². The van der Waals surface area contributed by atoms with E-state index >= 15 is 0 Å². The normalized spacial score (nSPS) is 30.7. The smallest absolute Gasteiger partial charge is 0.251 e. The van der Waals surface area contributed by atoms with Crippen LogP contribution in [0, 0.1) is 0 Å². The second-order valence-electron chi connectivity index (χ2n) is 2.88. The minimum Gasteiger partial charge on any atom is -0.251 e. The summed E-state index contributed by atoms with van der Waals surface area (Å²) in [5, 5.41) is 2.12. The van der Waals surface area contributed by atoms with Gasteiger partial charge in [-0.05, 0) is 0 Å². The van der Waals surface area contributed by atoms with Crippen LogP contribution in [-0.4, -0.2) is 37.8 Å². The minimum atomic E-state index is -2.72. The third-order valence-electron chi connectivity index (χ3n) is 1.77. The maximum absolute atomic E-state index is 12.6. The highest BCUT2D eigenvalue weighted by atomic mass is 19.3. The van der Waals surface area contributed by atoms with Gasteiger partial charge in [-0.15, -0.1) is 8.78 Å². The molecule has 1 N–H and O–H groups in total. The molecule has 0 amide bonds. The summed E-state index contributed by atoms with van der Waals surface area (Å²) in [6, 6.07) is 0. The van der Waals surface area contributed by atoms with Crippen LogP contribution in [0.15, 0.2) is 0 Å². The van der Waals surface area contributed by atoms with E-state index in [4.69, 9.17) is 0 Å². The van der Waals surface area contributed by atoms with E-state index in [9.17, 15) is 8.78 Å². The Balaban J connectivity index is 2.75. The van der Waals surface area contributed by atoms with Gasteiger partial charge in [-0.3, -0.25) is 4.48 Å². The molecule has 0 aromatic rings.